The van der Waals surface area contributed by atoms with E-state index in [2.05, 4.69) is 9.71 Å². The first-order valence-electron chi connectivity index (χ1n) is 5.67. The van der Waals surface area contributed by atoms with E-state index in [4.69, 9.17) is 11.6 Å². The number of nitrogens with one attached hydrogen (secondary N) is 1. The minimum atomic E-state index is -3.40. The highest BCUT2D eigenvalue weighted by molar-refractivity contribution is 7.88. The quantitative estimate of drug-likeness (QED) is 0.921. The van der Waals surface area contributed by atoms with Crippen LogP contribution in [0.2, 0.25) is 5.02 Å². The van der Waals surface area contributed by atoms with Crippen molar-refractivity contribution in [1.82, 2.24) is 9.71 Å². The van der Waals surface area contributed by atoms with Crippen LogP contribution in [0.15, 0.2) is 48.7 Å². The first-order chi connectivity index (χ1) is 9.05. The van der Waals surface area contributed by atoms with Gasteiger partial charge in [0.05, 0.1) is 18.0 Å². The lowest BCUT2D eigenvalue weighted by molar-refractivity contribution is 0.579. The maximum atomic E-state index is 11.9. The van der Waals surface area contributed by atoms with Crippen molar-refractivity contribution in [3.8, 4) is 0 Å². The molecule has 6 heteroatoms. The number of aromatic nitrogens is 1. The van der Waals surface area contributed by atoms with Crippen LogP contribution in [0.1, 0.15) is 11.3 Å². The molecule has 0 unspecified atom stereocenters. The van der Waals surface area contributed by atoms with E-state index in [1.54, 1.807) is 42.6 Å². The van der Waals surface area contributed by atoms with Gasteiger partial charge in [-0.1, -0.05) is 29.8 Å². The highest BCUT2D eigenvalue weighted by atomic mass is 35.5. The monoisotopic (exact) mass is 296 g/mol. The second-order valence-corrected chi connectivity index (χ2v) is 6.27. The van der Waals surface area contributed by atoms with Crippen LogP contribution in [0.3, 0.4) is 0 Å². The molecule has 1 aromatic carbocycles. The zero-order valence-electron chi connectivity index (χ0n) is 10.1. The Morgan fingerprint density at radius 1 is 1.16 bits per heavy atom. The maximum Gasteiger partial charge on any atom is 0.216 e. The van der Waals surface area contributed by atoms with Gasteiger partial charge in [0.1, 0.15) is 0 Å². The highest BCUT2D eigenvalue weighted by Crippen LogP contribution is 2.12. The Morgan fingerprint density at radius 2 is 2.00 bits per heavy atom. The summed E-state index contributed by atoms with van der Waals surface area (Å²) < 4.78 is 26.3. The molecule has 0 aliphatic heterocycles. The van der Waals surface area contributed by atoms with E-state index < -0.39 is 10.0 Å². The fraction of sp³-hybridized carbons (Fsp3) is 0.154. The molecular weight excluding hydrogens is 284 g/mol. The number of rotatable bonds is 5. The normalized spacial score (nSPS) is 11.4. The number of pyridine rings is 1. The summed E-state index contributed by atoms with van der Waals surface area (Å²) in [5.74, 6) is -0.0968. The predicted octanol–water partition coefficient (Wildman–Crippen LogP) is 2.35. The van der Waals surface area contributed by atoms with E-state index in [9.17, 15) is 8.42 Å². The highest BCUT2D eigenvalue weighted by Gasteiger charge is 2.11. The van der Waals surface area contributed by atoms with Gasteiger partial charge < -0.3 is 0 Å². The van der Waals surface area contributed by atoms with Crippen LogP contribution in [-0.4, -0.2) is 13.4 Å². The van der Waals surface area contributed by atoms with Crippen molar-refractivity contribution in [3.63, 3.8) is 0 Å². The molecule has 1 N–H and O–H groups in total. The van der Waals surface area contributed by atoms with Crippen molar-refractivity contribution in [2.45, 2.75) is 12.3 Å². The molecule has 0 amide bonds. The number of halogens is 1. The Hall–Kier alpha value is -1.43. The molecule has 0 aliphatic rings. The third-order valence-electron chi connectivity index (χ3n) is 2.45. The SMILES string of the molecule is O=S(=O)(Cc1cccc(Cl)c1)NCc1ccccn1. The molecular formula is C13H13ClN2O2S. The number of nitrogens with zero attached hydrogens (tertiary/aromatic N) is 1. The Bertz CT molecular complexity index is 645. The minimum Gasteiger partial charge on any atom is -0.260 e. The third-order valence-corrected chi connectivity index (χ3v) is 3.98. The molecule has 0 saturated heterocycles. The standard InChI is InChI=1S/C13H13ClN2O2S/c14-12-5-3-4-11(8-12)10-19(17,18)16-9-13-6-1-2-7-15-13/h1-8,16H,9-10H2. The van der Waals surface area contributed by atoms with E-state index in [1.165, 1.54) is 0 Å². The van der Waals surface area contributed by atoms with Gasteiger partial charge in [0.15, 0.2) is 0 Å². The number of hydrogen-bond acceptors (Lipinski definition) is 3. The Labute approximate surface area is 117 Å². The molecule has 0 bridgehead atoms. The van der Waals surface area contributed by atoms with Crippen molar-refractivity contribution in [1.29, 1.82) is 0 Å². The van der Waals surface area contributed by atoms with Crippen LogP contribution in [0.5, 0.6) is 0 Å². The molecule has 0 radical (unpaired) electrons. The summed E-state index contributed by atoms with van der Waals surface area (Å²) >= 11 is 5.82. The smallest absolute Gasteiger partial charge is 0.216 e. The second kappa shape index (κ2) is 6.14. The predicted molar refractivity (Wildman–Crippen MR) is 75.2 cm³/mol. The van der Waals surface area contributed by atoms with Crippen molar-refractivity contribution in [2.24, 2.45) is 0 Å². The van der Waals surface area contributed by atoms with E-state index in [1.807, 2.05) is 6.07 Å². The molecule has 1 heterocycles. The Kier molecular flexibility index (Phi) is 4.52. The lowest BCUT2D eigenvalue weighted by Crippen LogP contribution is -2.25. The van der Waals surface area contributed by atoms with Crippen molar-refractivity contribution >= 4 is 21.6 Å². The van der Waals surface area contributed by atoms with Crippen LogP contribution < -0.4 is 4.72 Å². The largest absolute Gasteiger partial charge is 0.260 e. The van der Waals surface area contributed by atoms with Gasteiger partial charge in [-0.05, 0) is 29.8 Å². The van der Waals surface area contributed by atoms with E-state index in [-0.39, 0.29) is 12.3 Å². The van der Waals surface area contributed by atoms with Crippen LogP contribution in [-0.2, 0) is 22.3 Å². The van der Waals surface area contributed by atoms with E-state index in [0.717, 1.165) is 0 Å². The van der Waals surface area contributed by atoms with Gasteiger partial charge in [0.25, 0.3) is 0 Å². The van der Waals surface area contributed by atoms with Crippen LogP contribution in [0, 0.1) is 0 Å². The molecule has 2 aromatic rings. The lowest BCUT2D eigenvalue weighted by atomic mass is 10.2. The fourth-order valence-corrected chi connectivity index (χ4v) is 2.88. The Balaban J connectivity index is 1.99. The minimum absolute atomic E-state index is 0.0968. The molecule has 0 spiro atoms. The van der Waals surface area contributed by atoms with Crippen molar-refractivity contribution in [2.75, 3.05) is 0 Å². The molecule has 100 valence electrons. The molecule has 0 aliphatic carbocycles. The summed E-state index contributed by atoms with van der Waals surface area (Å²) in [7, 11) is -3.40. The van der Waals surface area contributed by atoms with Gasteiger partial charge in [0, 0.05) is 11.2 Å². The zero-order chi connectivity index (χ0) is 13.7. The van der Waals surface area contributed by atoms with Crippen molar-refractivity contribution < 1.29 is 8.42 Å². The lowest BCUT2D eigenvalue weighted by Gasteiger charge is -2.06. The van der Waals surface area contributed by atoms with Crippen LogP contribution in [0.4, 0.5) is 0 Å². The second-order valence-electron chi connectivity index (χ2n) is 4.03. The average molecular weight is 297 g/mol. The third kappa shape index (κ3) is 4.63. The molecule has 0 saturated carbocycles. The van der Waals surface area contributed by atoms with E-state index in [0.29, 0.717) is 16.3 Å². The number of sulfonamides is 1. The summed E-state index contributed by atoms with van der Waals surface area (Å²) in [5.41, 5.74) is 1.33. The molecule has 19 heavy (non-hydrogen) atoms. The van der Waals surface area contributed by atoms with Crippen LogP contribution in [0.25, 0.3) is 0 Å². The Morgan fingerprint density at radius 3 is 2.68 bits per heavy atom. The van der Waals surface area contributed by atoms with Gasteiger partial charge >= 0.3 is 0 Å². The zero-order valence-corrected chi connectivity index (χ0v) is 11.7. The summed E-state index contributed by atoms with van der Waals surface area (Å²) in [6.45, 7) is 0.184. The topological polar surface area (TPSA) is 59.1 Å². The van der Waals surface area contributed by atoms with Crippen molar-refractivity contribution in [3.05, 3.63) is 64.9 Å². The van der Waals surface area contributed by atoms with Crippen LogP contribution >= 0.6 is 11.6 Å². The number of benzene rings is 1. The van der Waals surface area contributed by atoms with Gasteiger partial charge in [-0.25, -0.2) is 13.1 Å². The maximum absolute atomic E-state index is 11.9. The molecule has 2 rings (SSSR count). The fourth-order valence-electron chi connectivity index (χ4n) is 1.58. The molecule has 4 nitrogen and oxygen atoms in total. The summed E-state index contributed by atoms with van der Waals surface area (Å²) in [6, 6.07) is 12.2. The molecule has 0 atom stereocenters. The summed E-state index contributed by atoms with van der Waals surface area (Å²) in [5, 5.41) is 0.525. The summed E-state index contributed by atoms with van der Waals surface area (Å²) in [4.78, 5) is 4.05. The average Bonchev–Trinajstić information content (AvgIpc) is 2.37. The van der Waals surface area contributed by atoms with Gasteiger partial charge in [-0.2, -0.15) is 0 Å². The summed E-state index contributed by atoms with van der Waals surface area (Å²) in [6.07, 6.45) is 1.63. The van der Waals surface area contributed by atoms with Gasteiger partial charge in [-0.15, -0.1) is 0 Å². The molecule has 0 fully saturated rings. The van der Waals surface area contributed by atoms with E-state index >= 15 is 0 Å². The first kappa shape index (κ1) is 14.0. The van der Waals surface area contributed by atoms with Gasteiger partial charge in [0.2, 0.25) is 10.0 Å². The van der Waals surface area contributed by atoms with Gasteiger partial charge in [-0.3, -0.25) is 4.98 Å². The first-order valence-corrected chi connectivity index (χ1v) is 7.70. The molecule has 1 aromatic heterocycles. The number of hydrogen-bond donors (Lipinski definition) is 1.